The maximum atomic E-state index is 13.8. The zero-order valence-electron chi connectivity index (χ0n) is 8.81. The summed E-state index contributed by atoms with van der Waals surface area (Å²) in [6.45, 7) is 0. The molecule has 2 aromatic rings. The van der Waals surface area contributed by atoms with E-state index in [9.17, 15) is 13.6 Å². The number of rotatable bonds is 3. The van der Waals surface area contributed by atoms with E-state index < -0.39 is 17.4 Å². The van der Waals surface area contributed by atoms with E-state index in [1.165, 1.54) is 30.5 Å². The van der Waals surface area contributed by atoms with E-state index in [-0.39, 0.29) is 5.56 Å². The largest absolute Gasteiger partial charge is 0.351 e. The Hall–Kier alpha value is -2.10. The molecule has 0 unspecified atom stereocenters. The first-order valence-electron chi connectivity index (χ1n) is 5.01. The molecule has 0 saturated heterocycles. The minimum atomic E-state index is -3.59. The first-order chi connectivity index (χ1) is 8.12. The number of Topliss-reactive ketones (excluding diaryl/α,β-unsaturated/α-hetero) is 1. The van der Waals surface area contributed by atoms with Crippen molar-refractivity contribution in [2.45, 2.75) is 5.92 Å². The summed E-state index contributed by atoms with van der Waals surface area (Å²) < 4.78 is 27.6. The van der Waals surface area contributed by atoms with Gasteiger partial charge in [-0.25, -0.2) is 0 Å². The summed E-state index contributed by atoms with van der Waals surface area (Å²) >= 11 is 0. The third kappa shape index (κ3) is 2.20. The summed E-state index contributed by atoms with van der Waals surface area (Å²) in [5, 5.41) is 0. The summed E-state index contributed by atoms with van der Waals surface area (Å²) in [7, 11) is 0. The summed E-state index contributed by atoms with van der Waals surface area (Å²) in [6, 6.07) is 11.6. The number of aromatic nitrogens is 1. The lowest BCUT2D eigenvalue weighted by atomic mass is 10.0. The third-order valence-electron chi connectivity index (χ3n) is 2.31. The maximum absolute atomic E-state index is 13.8. The number of halogens is 2. The lowest BCUT2D eigenvalue weighted by Crippen LogP contribution is -2.27. The van der Waals surface area contributed by atoms with Crippen LogP contribution in [0.1, 0.15) is 16.1 Å². The smallest absolute Gasteiger partial charge is 0.287 e. The highest BCUT2D eigenvalue weighted by Gasteiger charge is 2.42. The predicted octanol–water partition coefficient (Wildman–Crippen LogP) is 3.06. The molecule has 0 atom stereocenters. The number of hydrogen-bond acceptors (Lipinski definition) is 2. The van der Waals surface area contributed by atoms with E-state index in [1.807, 2.05) is 0 Å². The molecule has 1 heterocycles. The summed E-state index contributed by atoms with van der Waals surface area (Å²) in [5.74, 6) is -4.83. The van der Waals surface area contributed by atoms with Crippen molar-refractivity contribution in [1.82, 2.24) is 4.98 Å². The van der Waals surface area contributed by atoms with Gasteiger partial charge in [-0.1, -0.05) is 36.4 Å². The summed E-state index contributed by atoms with van der Waals surface area (Å²) in [6.07, 6.45) is 1.24. The number of carbonyl (C=O) groups is 1. The highest BCUT2D eigenvalue weighted by molar-refractivity contribution is 6.01. The van der Waals surface area contributed by atoms with Crippen LogP contribution in [0.5, 0.6) is 0 Å². The molecule has 4 heteroatoms. The predicted molar refractivity (Wildman–Crippen MR) is 58.9 cm³/mol. The van der Waals surface area contributed by atoms with Crippen molar-refractivity contribution in [3.05, 3.63) is 66.0 Å². The number of carbonyl (C=O) groups excluding carboxylic acids is 1. The normalized spacial score (nSPS) is 11.2. The van der Waals surface area contributed by atoms with Gasteiger partial charge in [0.2, 0.25) is 5.78 Å². The highest BCUT2D eigenvalue weighted by atomic mass is 19.3. The zero-order valence-corrected chi connectivity index (χ0v) is 8.81. The van der Waals surface area contributed by atoms with Gasteiger partial charge in [0.15, 0.2) is 0 Å². The number of hydrogen-bond donors (Lipinski definition) is 0. The fourth-order valence-corrected chi connectivity index (χ4v) is 1.44. The average molecular weight is 233 g/mol. The van der Waals surface area contributed by atoms with Gasteiger partial charge < -0.3 is 0 Å². The van der Waals surface area contributed by atoms with Gasteiger partial charge >= 0.3 is 5.92 Å². The number of pyridine rings is 1. The van der Waals surface area contributed by atoms with Crippen molar-refractivity contribution in [1.29, 1.82) is 0 Å². The molecule has 0 N–H and O–H groups in total. The van der Waals surface area contributed by atoms with Crippen molar-refractivity contribution >= 4 is 5.78 Å². The van der Waals surface area contributed by atoms with Gasteiger partial charge in [0.05, 0.1) is 0 Å². The molecule has 1 aromatic carbocycles. The van der Waals surface area contributed by atoms with Crippen LogP contribution in [0.4, 0.5) is 8.78 Å². The summed E-state index contributed by atoms with van der Waals surface area (Å²) in [5.41, 5.74) is -0.558. The minimum absolute atomic E-state index is 0.0249. The first-order valence-corrected chi connectivity index (χ1v) is 5.01. The Balaban J connectivity index is 2.37. The van der Waals surface area contributed by atoms with Gasteiger partial charge in [-0.15, -0.1) is 0 Å². The average Bonchev–Trinajstić information content (AvgIpc) is 2.40. The number of nitrogens with zero attached hydrogens (tertiary/aromatic N) is 1. The van der Waals surface area contributed by atoms with E-state index in [1.54, 1.807) is 18.2 Å². The standard InChI is InChI=1S/C13H9F2NO/c14-13(15,11-8-4-5-9-16-11)12(17)10-6-2-1-3-7-10/h1-9H. The van der Waals surface area contributed by atoms with Gasteiger partial charge in [-0.05, 0) is 12.1 Å². The van der Waals surface area contributed by atoms with E-state index in [2.05, 4.69) is 4.98 Å². The first kappa shape index (κ1) is 11.4. The Morgan fingerprint density at radius 3 is 2.24 bits per heavy atom. The molecule has 0 radical (unpaired) electrons. The second kappa shape index (κ2) is 4.41. The molecule has 1 aromatic heterocycles. The second-order valence-electron chi connectivity index (χ2n) is 3.48. The molecule has 0 amide bonds. The lowest BCUT2D eigenvalue weighted by Gasteiger charge is -2.13. The molecule has 0 bridgehead atoms. The monoisotopic (exact) mass is 233 g/mol. The molecule has 2 rings (SSSR count). The van der Waals surface area contributed by atoms with Crippen LogP contribution in [-0.4, -0.2) is 10.8 Å². The van der Waals surface area contributed by atoms with Crippen molar-refractivity contribution in [3.8, 4) is 0 Å². The molecule has 2 nitrogen and oxygen atoms in total. The van der Waals surface area contributed by atoms with Crippen LogP contribution >= 0.6 is 0 Å². The zero-order chi connectivity index (χ0) is 12.3. The Morgan fingerprint density at radius 1 is 1.00 bits per heavy atom. The molecule has 17 heavy (non-hydrogen) atoms. The molecule has 0 spiro atoms. The van der Waals surface area contributed by atoms with Crippen LogP contribution in [-0.2, 0) is 5.92 Å². The van der Waals surface area contributed by atoms with Crippen molar-refractivity contribution < 1.29 is 13.6 Å². The lowest BCUT2D eigenvalue weighted by molar-refractivity contribution is 0.00467. The maximum Gasteiger partial charge on any atom is 0.351 e. The van der Waals surface area contributed by atoms with E-state index in [4.69, 9.17) is 0 Å². The highest BCUT2D eigenvalue weighted by Crippen LogP contribution is 2.30. The van der Waals surface area contributed by atoms with Crippen LogP contribution in [0.2, 0.25) is 0 Å². The van der Waals surface area contributed by atoms with Crippen LogP contribution in [0, 0.1) is 0 Å². The molecule has 86 valence electrons. The Morgan fingerprint density at radius 2 is 1.65 bits per heavy atom. The van der Waals surface area contributed by atoms with Crippen molar-refractivity contribution in [3.63, 3.8) is 0 Å². The second-order valence-corrected chi connectivity index (χ2v) is 3.48. The van der Waals surface area contributed by atoms with Gasteiger partial charge in [-0.2, -0.15) is 8.78 Å². The minimum Gasteiger partial charge on any atom is -0.287 e. The fourth-order valence-electron chi connectivity index (χ4n) is 1.44. The van der Waals surface area contributed by atoms with Gasteiger partial charge in [0, 0.05) is 11.8 Å². The Kier molecular flexibility index (Phi) is 2.95. The molecule has 0 saturated carbocycles. The third-order valence-corrected chi connectivity index (χ3v) is 2.31. The number of benzene rings is 1. The van der Waals surface area contributed by atoms with E-state index >= 15 is 0 Å². The van der Waals surface area contributed by atoms with E-state index in [0.29, 0.717) is 0 Å². The molecule has 0 aliphatic rings. The van der Waals surface area contributed by atoms with Gasteiger partial charge in [0.1, 0.15) is 5.69 Å². The molecular formula is C13H9F2NO. The van der Waals surface area contributed by atoms with E-state index in [0.717, 1.165) is 6.07 Å². The molecule has 0 fully saturated rings. The quantitative estimate of drug-likeness (QED) is 0.762. The number of alkyl halides is 2. The van der Waals surface area contributed by atoms with Crippen LogP contribution in [0.3, 0.4) is 0 Å². The molecule has 0 aliphatic carbocycles. The Labute approximate surface area is 96.9 Å². The van der Waals surface area contributed by atoms with Crippen LogP contribution in [0.25, 0.3) is 0 Å². The van der Waals surface area contributed by atoms with Gasteiger partial charge in [0.25, 0.3) is 0 Å². The van der Waals surface area contributed by atoms with Crippen molar-refractivity contribution in [2.75, 3.05) is 0 Å². The Bertz CT molecular complexity index is 511. The molecular weight excluding hydrogens is 224 g/mol. The van der Waals surface area contributed by atoms with Crippen LogP contribution < -0.4 is 0 Å². The topological polar surface area (TPSA) is 30.0 Å². The SMILES string of the molecule is O=C(c1ccccc1)C(F)(F)c1ccccn1. The van der Waals surface area contributed by atoms with Crippen molar-refractivity contribution in [2.24, 2.45) is 0 Å². The van der Waals surface area contributed by atoms with Gasteiger partial charge in [-0.3, -0.25) is 9.78 Å². The molecule has 0 aliphatic heterocycles. The fraction of sp³-hybridized carbons (Fsp3) is 0.0769. The van der Waals surface area contributed by atoms with Crippen LogP contribution in [0.15, 0.2) is 54.7 Å². The summed E-state index contributed by atoms with van der Waals surface area (Å²) in [4.78, 5) is 15.2. The number of ketones is 1.